The van der Waals surface area contributed by atoms with Gasteiger partial charge < -0.3 is 20.9 Å². The smallest absolute Gasteiger partial charge is 0.224 e. The van der Waals surface area contributed by atoms with E-state index < -0.39 is 0 Å². The number of fused-ring (bicyclic) bond motifs is 1. The molecule has 142 valence electrons. The van der Waals surface area contributed by atoms with E-state index >= 15 is 0 Å². The molecule has 0 atom stereocenters. The van der Waals surface area contributed by atoms with Crippen LogP contribution in [0.1, 0.15) is 38.6 Å². The van der Waals surface area contributed by atoms with Crippen molar-refractivity contribution in [3.8, 4) is 0 Å². The molecule has 4 N–H and O–H groups in total. The highest BCUT2D eigenvalue weighted by molar-refractivity contribution is 5.79. The number of carbonyl (C=O) groups is 1. The van der Waals surface area contributed by atoms with Gasteiger partial charge in [0.05, 0.1) is 11.7 Å². The number of nitrogens with two attached hydrogens (primary N) is 1. The first kappa shape index (κ1) is 18.6. The van der Waals surface area contributed by atoms with Gasteiger partial charge in [-0.05, 0) is 33.3 Å². The molecular weight excluding hydrogens is 344 g/mol. The van der Waals surface area contributed by atoms with Crippen molar-refractivity contribution >= 4 is 34.5 Å². The quantitative estimate of drug-likeness (QED) is 0.522. The van der Waals surface area contributed by atoms with Crippen molar-refractivity contribution in [1.29, 1.82) is 0 Å². The molecule has 3 rings (SSSR count). The van der Waals surface area contributed by atoms with Crippen molar-refractivity contribution in [1.82, 2.24) is 24.5 Å². The average molecular weight is 368 g/mol. The third-order valence-corrected chi connectivity index (χ3v) is 4.06. The van der Waals surface area contributed by atoms with E-state index in [-0.39, 0.29) is 5.91 Å². The largest absolute Gasteiger partial charge is 0.370 e. The molecule has 0 saturated heterocycles. The topological polar surface area (TPSA) is 124 Å². The fourth-order valence-electron chi connectivity index (χ4n) is 2.95. The average Bonchev–Trinajstić information content (AvgIpc) is 2.94. The van der Waals surface area contributed by atoms with Crippen molar-refractivity contribution in [3.05, 3.63) is 30.4 Å². The maximum Gasteiger partial charge on any atom is 0.224 e. The Morgan fingerprint density at radius 2 is 2.07 bits per heavy atom. The van der Waals surface area contributed by atoms with Gasteiger partial charge in [0.25, 0.3) is 0 Å². The zero-order chi connectivity index (χ0) is 19.4. The number of imidazole rings is 1. The fraction of sp³-hybridized carbons (Fsp3) is 0.389. The maximum absolute atomic E-state index is 10.8. The molecule has 0 aliphatic heterocycles. The summed E-state index contributed by atoms with van der Waals surface area (Å²) in [6.07, 6.45) is 4.38. The first-order valence-corrected chi connectivity index (χ1v) is 8.91. The van der Waals surface area contributed by atoms with E-state index in [0.29, 0.717) is 43.0 Å². The van der Waals surface area contributed by atoms with Gasteiger partial charge in [-0.25, -0.2) is 15.0 Å². The van der Waals surface area contributed by atoms with Crippen LogP contribution in [0.5, 0.6) is 0 Å². The third kappa shape index (κ3) is 4.49. The Labute approximate surface area is 157 Å². The summed E-state index contributed by atoms with van der Waals surface area (Å²) in [5.74, 6) is 2.44. The van der Waals surface area contributed by atoms with Gasteiger partial charge in [-0.15, -0.1) is 0 Å². The Morgan fingerprint density at radius 1 is 1.26 bits per heavy atom. The van der Waals surface area contributed by atoms with Crippen molar-refractivity contribution in [2.45, 2.75) is 39.7 Å². The zero-order valence-electron chi connectivity index (χ0n) is 15.7. The van der Waals surface area contributed by atoms with Crippen LogP contribution in [0, 0.1) is 6.92 Å². The number of pyridine rings is 1. The van der Waals surface area contributed by atoms with Crippen LogP contribution in [0.3, 0.4) is 0 Å². The van der Waals surface area contributed by atoms with Crippen LogP contribution in [0.2, 0.25) is 0 Å². The number of nitrogens with zero attached hydrogens (tertiary/aromatic N) is 5. The lowest BCUT2D eigenvalue weighted by atomic mass is 10.3. The maximum atomic E-state index is 10.8. The van der Waals surface area contributed by atoms with Gasteiger partial charge in [-0.1, -0.05) is 0 Å². The van der Waals surface area contributed by atoms with Crippen LogP contribution in [0.4, 0.5) is 17.6 Å². The first-order chi connectivity index (χ1) is 12.9. The predicted octanol–water partition coefficient (Wildman–Crippen LogP) is 2.53. The summed E-state index contributed by atoms with van der Waals surface area (Å²) in [5, 5.41) is 6.28. The molecule has 0 saturated carbocycles. The summed E-state index contributed by atoms with van der Waals surface area (Å²) >= 11 is 0. The molecule has 0 bridgehead atoms. The van der Waals surface area contributed by atoms with Crippen LogP contribution in [-0.4, -0.2) is 37.0 Å². The fourth-order valence-corrected chi connectivity index (χ4v) is 2.95. The summed E-state index contributed by atoms with van der Waals surface area (Å²) in [5.41, 5.74) is 7.02. The normalized spacial score (nSPS) is 11.1. The van der Waals surface area contributed by atoms with Crippen LogP contribution < -0.4 is 16.4 Å². The molecule has 0 aromatic carbocycles. The second-order valence-corrected chi connectivity index (χ2v) is 6.57. The van der Waals surface area contributed by atoms with Gasteiger partial charge >= 0.3 is 0 Å². The molecule has 3 aromatic rings. The van der Waals surface area contributed by atoms with Gasteiger partial charge in [0, 0.05) is 31.3 Å². The number of aromatic nitrogens is 5. The van der Waals surface area contributed by atoms with Gasteiger partial charge in [0.2, 0.25) is 11.9 Å². The number of nitrogens with one attached hydrogen (secondary N) is 2. The van der Waals surface area contributed by atoms with E-state index in [1.807, 2.05) is 13.0 Å². The minimum atomic E-state index is -0.314. The minimum absolute atomic E-state index is 0.306. The summed E-state index contributed by atoms with van der Waals surface area (Å²) in [7, 11) is 0. The highest BCUT2D eigenvalue weighted by atomic mass is 16.1. The molecule has 0 fully saturated rings. The monoisotopic (exact) mass is 368 g/mol. The molecule has 27 heavy (non-hydrogen) atoms. The van der Waals surface area contributed by atoms with Crippen LogP contribution in [0.15, 0.2) is 24.5 Å². The zero-order valence-corrected chi connectivity index (χ0v) is 15.7. The molecule has 0 radical (unpaired) electrons. The van der Waals surface area contributed by atoms with Gasteiger partial charge in [0.15, 0.2) is 0 Å². The van der Waals surface area contributed by atoms with Gasteiger partial charge in [0.1, 0.15) is 23.0 Å². The lowest BCUT2D eigenvalue weighted by molar-refractivity contribution is -0.118. The number of primary amides is 1. The summed E-state index contributed by atoms with van der Waals surface area (Å²) < 4.78 is 2.17. The van der Waals surface area contributed by atoms with Gasteiger partial charge in [-0.2, -0.15) is 4.98 Å². The van der Waals surface area contributed by atoms with Crippen LogP contribution in [0.25, 0.3) is 11.0 Å². The Hall–Kier alpha value is -3.23. The number of amides is 1. The molecule has 0 unspecified atom stereocenters. The molecule has 1 amide bonds. The highest BCUT2D eigenvalue weighted by Gasteiger charge is 2.11. The van der Waals surface area contributed by atoms with Gasteiger partial charge in [-0.3, -0.25) is 4.79 Å². The highest BCUT2D eigenvalue weighted by Crippen LogP contribution is 2.23. The van der Waals surface area contributed by atoms with Crippen molar-refractivity contribution in [2.24, 2.45) is 5.73 Å². The lowest BCUT2D eigenvalue weighted by Gasteiger charge is -2.11. The Bertz CT molecular complexity index is 950. The molecular formula is C18H24N8O. The Morgan fingerprint density at radius 3 is 2.81 bits per heavy atom. The molecule has 0 spiro atoms. The Kier molecular flexibility index (Phi) is 5.49. The summed E-state index contributed by atoms with van der Waals surface area (Å²) in [6, 6.07) is 4.04. The SMILES string of the molecule is Cc1nc2cnc(Nc3ccnc(NCCCC(N)=O)n3)cc2n1C(C)C. The van der Waals surface area contributed by atoms with Crippen LogP contribution >= 0.6 is 0 Å². The molecule has 3 heterocycles. The molecule has 9 nitrogen and oxygen atoms in total. The number of anilines is 3. The standard InChI is InChI=1S/C18H24N8O/c1-11(2)26-12(3)23-13-10-22-17(9-14(13)26)24-16-6-8-21-18(25-16)20-7-4-5-15(19)27/h6,8-11H,4-5,7H2,1-3H3,(H2,19,27)(H2,20,21,22,24,25). The third-order valence-electron chi connectivity index (χ3n) is 4.06. The van der Waals surface area contributed by atoms with E-state index in [2.05, 4.69) is 49.0 Å². The molecule has 3 aromatic heterocycles. The van der Waals surface area contributed by atoms with Crippen molar-refractivity contribution in [2.75, 3.05) is 17.2 Å². The minimum Gasteiger partial charge on any atom is -0.370 e. The summed E-state index contributed by atoms with van der Waals surface area (Å²) in [6.45, 7) is 6.82. The van der Waals surface area contributed by atoms with E-state index in [4.69, 9.17) is 5.73 Å². The second-order valence-electron chi connectivity index (χ2n) is 6.57. The first-order valence-electron chi connectivity index (χ1n) is 8.91. The number of carbonyl (C=O) groups excluding carboxylic acids is 1. The second kappa shape index (κ2) is 7.98. The van der Waals surface area contributed by atoms with E-state index in [9.17, 15) is 4.79 Å². The Balaban J connectivity index is 1.74. The van der Waals surface area contributed by atoms with E-state index in [1.54, 1.807) is 18.5 Å². The predicted molar refractivity (Wildman–Crippen MR) is 105 cm³/mol. The molecule has 0 aliphatic carbocycles. The number of hydrogen-bond acceptors (Lipinski definition) is 7. The van der Waals surface area contributed by atoms with Crippen LogP contribution in [-0.2, 0) is 4.79 Å². The number of rotatable bonds is 8. The van der Waals surface area contributed by atoms with Crippen molar-refractivity contribution < 1.29 is 4.79 Å². The number of aryl methyl sites for hydroxylation is 1. The van der Waals surface area contributed by atoms with Crippen molar-refractivity contribution in [3.63, 3.8) is 0 Å². The van der Waals surface area contributed by atoms with E-state index in [1.165, 1.54) is 0 Å². The van der Waals surface area contributed by atoms with E-state index in [0.717, 1.165) is 16.9 Å². The summed E-state index contributed by atoms with van der Waals surface area (Å²) in [4.78, 5) is 28.3. The number of hydrogen-bond donors (Lipinski definition) is 3. The lowest BCUT2D eigenvalue weighted by Crippen LogP contribution is -2.13. The molecule has 9 heteroatoms. The molecule has 0 aliphatic rings.